The maximum Gasteiger partial charge on any atom is 0.224 e. The van der Waals surface area contributed by atoms with Crippen molar-refractivity contribution in [2.45, 2.75) is 19.8 Å². The standard InChI is InChI=1S/C19H19NO4/c1-13-2-5-15(6-3-13)20-19(22)9-7-16(21)14-4-8-17-18(12-14)24-11-10-23-17/h2-6,8,12H,7,9-11H2,1H3,(H,20,22). The Morgan fingerprint density at radius 2 is 1.67 bits per heavy atom. The highest BCUT2D eigenvalue weighted by Gasteiger charge is 2.15. The summed E-state index contributed by atoms with van der Waals surface area (Å²) in [5, 5.41) is 2.79. The molecule has 5 nitrogen and oxygen atoms in total. The minimum Gasteiger partial charge on any atom is -0.486 e. The van der Waals surface area contributed by atoms with Crippen LogP contribution in [0.5, 0.6) is 11.5 Å². The van der Waals surface area contributed by atoms with E-state index >= 15 is 0 Å². The first-order chi connectivity index (χ1) is 11.6. The van der Waals surface area contributed by atoms with Crippen LogP contribution >= 0.6 is 0 Å². The SMILES string of the molecule is Cc1ccc(NC(=O)CCC(=O)c2ccc3c(c2)OCCO3)cc1. The number of amides is 1. The molecule has 1 aliphatic heterocycles. The van der Waals surface area contributed by atoms with E-state index in [1.165, 1.54) is 0 Å². The van der Waals surface area contributed by atoms with Crippen molar-refractivity contribution in [3.05, 3.63) is 53.6 Å². The summed E-state index contributed by atoms with van der Waals surface area (Å²) in [4.78, 5) is 24.2. The van der Waals surface area contributed by atoms with E-state index in [4.69, 9.17) is 9.47 Å². The van der Waals surface area contributed by atoms with E-state index in [1.54, 1.807) is 18.2 Å². The molecule has 0 spiro atoms. The van der Waals surface area contributed by atoms with Crippen LogP contribution in [0.2, 0.25) is 0 Å². The van der Waals surface area contributed by atoms with E-state index in [9.17, 15) is 9.59 Å². The number of hydrogen-bond acceptors (Lipinski definition) is 4. The van der Waals surface area contributed by atoms with Gasteiger partial charge in [0.2, 0.25) is 5.91 Å². The topological polar surface area (TPSA) is 64.6 Å². The fourth-order valence-corrected chi connectivity index (χ4v) is 2.45. The van der Waals surface area contributed by atoms with Gasteiger partial charge in [0.25, 0.3) is 0 Å². The molecule has 5 heteroatoms. The van der Waals surface area contributed by atoms with Gasteiger partial charge in [0.1, 0.15) is 13.2 Å². The normalized spacial score (nSPS) is 12.5. The number of Topliss-reactive ketones (excluding diaryl/α,β-unsaturated/α-hetero) is 1. The summed E-state index contributed by atoms with van der Waals surface area (Å²) in [6.07, 6.45) is 0.290. The number of benzene rings is 2. The van der Waals surface area contributed by atoms with E-state index in [2.05, 4.69) is 5.32 Å². The third kappa shape index (κ3) is 3.93. The van der Waals surface area contributed by atoms with Crippen molar-refractivity contribution in [3.8, 4) is 11.5 Å². The van der Waals surface area contributed by atoms with Crippen molar-refractivity contribution in [1.29, 1.82) is 0 Å². The van der Waals surface area contributed by atoms with Gasteiger partial charge in [0.05, 0.1) is 0 Å². The Morgan fingerprint density at radius 1 is 0.958 bits per heavy atom. The predicted molar refractivity (Wildman–Crippen MR) is 90.8 cm³/mol. The molecule has 0 aromatic heterocycles. The first-order valence-corrected chi connectivity index (χ1v) is 7.91. The molecule has 0 bridgehead atoms. The quantitative estimate of drug-likeness (QED) is 0.856. The van der Waals surface area contributed by atoms with Crippen LogP contribution in [0.25, 0.3) is 0 Å². The molecule has 0 atom stereocenters. The molecule has 0 aliphatic carbocycles. The third-order valence-corrected chi connectivity index (χ3v) is 3.78. The highest BCUT2D eigenvalue weighted by Crippen LogP contribution is 2.31. The molecule has 3 rings (SSSR count). The van der Waals surface area contributed by atoms with Crippen molar-refractivity contribution in [2.24, 2.45) is 0 Å². The highest BCUT2D eigenvalue weighted by molar-refractivity contribution is 6.00. The summed E-state index contributed by atoms with van der Waals surface area (Å²) in [6, 6.07) is 12.6. The molecule has 1 heterocycles. The molecule has 0 radical (unpaired) electrons. The van der Waals surface area contributed by atoms with Gasteiger partial charge < -0.3 is 14.8 Å². The molecule has 124 valence electrons. The van der Waals surface area contributed by atoms with Crippen molar-refractivity contribution < 1.29 is 19.1 Å². The molecule has 0 fully saturated rings. The van der Waals surface area contributed by atoms with Crippen LogP contribution in [0.3, 0.4) is 0 Å². The smallest absolute Gasteiger partial charge is 0.224 e. The van der Waals surface area contributed by atoms with Gasteiger partial charge in [-0.3, -0.25) is 9.59 Å². The monoisotopic (exact) mass is 325 g/mol. The molecule has 1 amide bonds. The number of carbonyl (C=O) groups excluding carboxylic acids is 2. The number of aryl methyl sites for hydroxylation is 1. The van der Waals surface area contributed by atoms with Crippen LogP contribution in [0.1, 0.15) is 28.8 Å². The van der Waals surface area contributed by atoms with Crippen LogP contribution < -0.4 is 14.8 Å². The second-order valence-electron chi connectivity index (χ2n) is 5.70. The van der Waals surface area contributed by atoms with Gasteiger partial charge in [-0.2, -0.15) is 0 Å². The predicted octanol–water partition coefficient (Wildman–Crippen LogP) is 3.37. The van der Waals surface area contributed by atoms with Crippen LogP contribution in [0.15, 0.2) is 42.5 Å². The van der Waals surface area contributed by atoms with Gasteiger partial charge in [-0.15, -0.1) is 0 Å². The molecule has 24 heavy (non-hydrogen) atoms. The first kappa shape index (κ1) is 16.1. The summed E-state index contributed by atoms with van der Waals surface area (Å²) in [7, 11) is 0. The molecule has 0 saturated carbocycles. The van der Waals surface area contributed by atoms with Crippen LogP contribution in [-0.4, -0.2) is 24.9 Å². The number of nitrogens with one attached hydrogen (secondary N) is 1. The van der Waals surface area contributed by atoms with Gasteiger partial charge in [-0.1, -0.05) is 17.7 Å². The molecular formula is C19H19NO4. The fourth-order valence-electron chi connectivity index (χ4n) is 2.45. The number of carbonyl (C=O) groups is 2. The number of rotatable bonds is 5. The Hall–Kier alpha value is -2.82. The lowest BCUT2D eigenvalue weighted by molar-refractivity contribution is -0.116. The van der Waals surface area contributed by atoms with Crippen molar-refractivity contribution in [1.82, 2.24) is 0 Å². The van der Waals surface area contributed by atoms with Crippen LogP contribution in [-0.2, 0) is 4.79 Å². The molecule has 1 N–H and O–H groups in total. The lowest BCUT2D eigenvalue weighted by Crippen LogP contribution is -2.16. The molecular weight excluding hydrogens is 306 g/mol. The average Bonchev–Trinajstić information content (AvgIpc) is 2.61. The number of fused-ring (bicyclic) bond motifs is 1. The average molecular weight is 325 g/mol. The summed E-state index contributed by atoms with van der Waals surface area (Å²) in [5.41, 5.74) is 2.39. The second-order valence-corrected chi connectivity index (χ2v) is 5.70. The van der Waals surface area contributed by atoms with Gasteiger partial charge in [0, 0.05) is 24.1 Å². The third-order valence-electron chi connectivity index (χ3n) is 3.78. The maximum absolute atomic E-state index is 12.3. The van der Waals surface area contributed by atoms with Gasteiger partial charge >= 0.3 is 0 Å². The maximum atomic E-state index is 12.3. The van der Waals surface area contributed by atoms with Crippen molar-refractivity contribution >= 4 is 17.4 Å². The Labute approximate surface area is 140 Å². The number of hydrogen-bond donors (Lipinski definition) is 1. The number of anilines is 1. The largest absolute Gasteiger partial charge is 0.486 e. The van der Waals surface area contributed by atoms with Crippen LogP contribution in [0.4, 0.5) is 5.69 Å². The van der Waals surface area contributed by atoms with Crippen molar-refractivity contribution in [2.75, 3.05) is 18.5 Å². The Kier molecular flexibility index (Phi) is 4.79. The first-order valence-electron chi connectivity index (χ1n) is 7.91. The summed E-state index contributed by atoms with van der Waals surface area (Å²) in [6.45, 7) is 2.97. The van der Waals surface area contributed by atoms with Gasteiger partial charge in [-0.05, 0) is 37.3 Å². The van der Waals surface area contributed by atoms with Gasteiger partial charge in [0.15, 0.2) is 17.3 Å². The lowest BCUT2D eigenvalue weighted by atomic mass is 10.1. The fraction of sp³-hybridized carbons (Fsp3) is 0.263. The molecule has 0 saturated heterocycles. The number of ketones is 1. The minimum atomic E-state index is -0.176. The second kappa shape index (κ2) is 7.17. The Bertz CT molecular complexity index is 752. The number of ether oxygens (including phenoxy) is 2. The summed E-state index contributed by atoms with van der Waals surface area (Å²) >= 11 is 0. The van der Waals surface area contributed by atoms with E-state index in [0.29, 0.717) is 30.3 Å². The van der Waals surface area contributed by atoms with Crippen LogP contribution in [0, 0.1) is 6.92 Å². The minimum absolute atomic E-state index is 0.0916. The zero-order chi connectivity index (χ0) is 16.9. The van der Waals surface area contributed by atoms with E-state index in [-0.39, 0.29) is 24.5 Å². The van der Waals surface area contributed by atoms with E-state index < -0.39 is 0 Å². The molecule has 2 aromatic rings. The summed E-state index contributed by atoms with van der Waals surface area (Å²) in [5.74, 6) is 0.960. The summed E-state index contributed by atoms with van der Waals surface area (Å²) < 4.78 is 10.9. The van der Waals surface area contributed by atoms with E-state index in [0.717, 1.165) is 11.3 Å². The molecule has 0 unspecified atom stereocenters. The zero-order valence-electron chi connectivity index (χ0n) is 13.5. The zero-order valence-corrected chi connectivity index (χ0v) is 13.5. The van der Waals surface area contributed by atoms with E-state index in [1.807, 2.05) is 31.2 Å². The van der Waals surface area contributed by atoms with Crippen molar-refractivity contribution in [3.63, 3.8) is 0 Å². The molecule has 1 aliphatic rings. The van der Waals surface area contributed by atoms with Gasteiger partial charge in [-0.25, -0.2) is 0 Å². The Morgan fingerprint density at radius 3 is 2.42 bits per heavy atom. The highest BCUT2D eigenvalue weighted by atomic mass is 16.6. The lowest BCUT2D eigenvalue weighted by Gasteiger charge is -2.18. The Balaban J connectivity index is 1.55. The molecule has 2 aromatic carbocycles.